The molecule has 0 unspecified atom stereocenters. The molecule has 3 atom stereocenters. The van der Waals surface area contributed by atoms with Gasteiger partial charge in [0.15, 0.2) is 0 Å². The maximum absolute atomic E-state index is 12.6. The predicted octanol–water partition coefficient (Wildman–Crippen LogP) is 2.55. The van der Waals surface area contributed by atoms with Crippen LogP contribution in [0.25, 0.3) is 0 Å². The molecule has 0 saturated carbocycles. The van der Waals surface area contributed by atoms with Crippen LogP contribution < -0.4 is 5.32 Å². The standard InChI is InChI=1S/C18H28N2O3/c1-12-5-6-13(2)17(9-12)15(4)19-18(22)20-7-8-23-11-16(20)10-14(3)21/h5-6,9,14-16,21H,7-8,10-11H2,1-4H3,(H,19,22)/t14-,15+,16+/m1/s1. The number of nitrogens with one attached hydrogen (secondary N) is 1. The first kappa shape index (κ1) is 17.8. The van der Waals surface area contributed by atoms with Crippen LogP contribution in [0.3, 0.4) is 0 Å². The fourth-order valence-electron chi connectivity index (χ4n) is 3.08. The number of hydrogen-bond acceptors (Lipinski definition) is 3. The first-order valence-corrected chi connectivity index (χ1v) is 8.28. The molecule has 1 heterocycles. The van der Waals surface area contributed by atoms with E-state index < -0.39 is 6.10 Å². The van der Waals surface area contributed by atoms with Crippen LogP contribution in [0.5, 0.6) is 0 Å². The predicted molar refractivity (Wildman–Crippen MR) is 90.5 cm³/mol. The lowest BCUT2D eigenvalue weighted by Gasteiger charge is -2.37. The molecule has 0 spiro atoms. The molecule has 128 valence electrons. The summed E-state index contributed by atoms with van der Waals surface area (Å²) in [6.45, 7) is 9.44. The van der Waals surface area contributed by atoms with Crippen molar-refractivity contribution in [3.63, 3.8) is 0 Å². The van der Waals surface area contributed by atoms with E-state index in [9.17, 15) is 9.90 Å². The number of aryl methyl sites for hydroxylation is 2. The molecule has 1 aromatic rings. The highest BCUT2D eigenvalue weighted by atomic mass is 16.5. The Labute approximate surface area is 138 Å². The molecule has 0 bridgehead atoms. The van der Waals surface area contributed by atoms with Gasteiger partial charge >= 0.3 is 6.03 Å². The summed E-state index contributed by atoms with van der Waals surface area (Å²) in [5, 5.41) is 12.7. The summed E-state index contributed by atoms with van der Waals surface area (Å²) in [6.07, 6.45) is 0.0825. The van der Waals surface area contributed by atoms with E-state index in [2.05, 4.69) is 37.4 Å². The average Bonchev–Trinajstić information content (AvgIpc) is 2.49. The number of hydrogen-bond donors (Lipinski definition) is 2. The van der Waals surface area contributed by atoms with Crippen molar-refractivity contribution < 1.29 is 14.6 Å². The summed E-state index contributed by atoms with van der Waals surface area (Å²) in [5.41, 5.74) is 3.50. The molecule has 1 aliphatic rings. The minimum absolute atomic E-state index is 0.0579. The quantitative estimate of drug-likeness (QED) is 0.896. The maximum atomic E-state index is 12.6. The number of amides is 2. The van der Waals surface area contributed by atoms with Gasteiger partial charge in [0.25, 0.3) is 0 Å². The van der Waals surface area contributed by atoms with Crippen molar-refractivity contribution in [2.45, 2.75) is 52.3 Å². The van der Waals surface area contributed by atoms with Gasteiger partial charge in [0.2, 0.25) is 0 Å². The number of morpholine rings is 1. The van der Waals surface area contributed by atoms with Gasteiger partial charge in [-0.25, -0.2) is 4.79 Å². The third kappa shape index (κ3) is 4.69. The van der Waals surface area contributed by atoms with Crippen molar-refractivity contribution in [2.75, 3.05) is 19.8 Å². The minimum atomic E-state index is -0.451. The minimum Gasteiger partial charge on any atom is -0.393 e. The van der Waals surface area contributed by atoms with Crippen molar-refractivity contribution in [3.05, 3.63) is 34.9 Å². The van der Waals surface area contributed by atoms with E-state index in [1.165, 1.54) is 11.1 Å². The maximum Gasteiger partial charge on any atom is 0.318 e. The zero-order chi connectivity index (χ0) is 17.0. The van der Waals surface area contributed by atoms with Crippen LogP contribution in [0.4, 0.5) is 4.79 Å². The van der Waals surface area contributed by atoms with Crippen molar-refractivity contribution in [1.29, 1.82) is 0 Å². The molecule has 0 aliphatic carbocycles. The Morgan fingerprint density at radius 3 is 2.87 bits per heavy atom. The van der Waals surface area contributed by atoms with Crippen LogP contribution in [0.2, 0.25) is 0 Å². The Morgan fingerprint density at radius 1 is 1.43 bits per heavy atom. The Kier molecular flexibility index (Phi) is 6.02. The number of nitrogens with zero attached hydrogens (tertiary/aromatic N) is 1. The average molecular weight is 320 g/mol. The smallest absolute Gasteiger partial charge is 0.318 e. The molecule has 23 heavy (non-hydrogen) atoms. The van der Waals surface area contributed by atoms with E-state index in [0.29, 0.717) is 26.2 Å². The van der Waals surface area contributed by atoms with Gasteiger partial charge in [-0.1, -0.05) is 23.8 Å². The van der Waals surface area contributed by atoms with Crippen LogP contribution in [0.15, 0.2) is 18.2 Å². The molecule has 5 nitrogen and oxygen atoms in total. The molecule has 1 fully saturated rings. The lowest BCUT2D eigenvalue weighted by atomic mass is 10.00. The SMILES string of the molecule is Cc1ccc(C)c([C@H](C)NC(=O)N2CCOC[C@@H]2C[C@@H](C)O)c1. The van der Waals surface area contributed by atoms with Gasteiger partial charge in [-0.3, -0.25) is 0 Å². The van der Waals surface area contributed by atoms with Gasteiger partial charge in [-0.05, 0) is 45.2 Å². The van der Waals surface area contributed by atoms with Gasteiger partial charge in [0, 0.05) is 6.54 Å². The second-order valence-electron chi connectivity index (χ2n) is 6.54. The fraction of sp³-hybridized carbons (Fsp3) is 0.611. The number of urea groups is 1. The van der Waals surface area contributed by atoms with Gasteiger partial charge in [-0.15, -0.1) is 0 Å². The van der Waals surface area contributed by atoms with Crippen molar-refractivity contribution >= 4 is 6.03 Å². The molecule has 2 N–H and O–H groups in total. The fourth-order valence-corrected chi connectivity index (χ4v) is 3.08. The molecule has 1 aliphatic heterocycles. The highest BCUT2D eigenvalue weighted by molar-refractivity contribution is 5.75. The topological polar surface area (TPSA) is 61.8 Å². The van der Waals surface area contributed by atoms with E-state index in [0.717, 1.165) is 5.56 Å². The summed E-state index contributed by atoms with van der Waals surface area (Å²) >= 11 is 0. The van der Waals surface area contributed by atoms with E-state index in [4.69, 9.17) is 4.74 Å². The zero-order valence-electron chi connectivity index (χ0n) is 14.5. The lowest BCUT2D eigenvalue weighted by molar-refractivity contribution is -0.00474. The Bertz CT molecular complexity index is 545. The van der Waals surface area contributed by atoms with Crippen molar-refractivity contribution in [3.8, 4) is 0 Å². The molecular weight excluding hydrogens is 292 g/mol. The number of aliphatic hydroxyl groups is 1. The molecule has 1 saturated heterocycles. The first-order chi connectivity index (χ1) is 10.9. The van der Waals surface area contributed by atoms with Crippen LogP contribution in [0, 0.1) is 13.8 Å². The largest absolute Gasteiger partial charge is 0.393 e. The lowest BCUT2D eigenvalue weighted by Crippen LogP contribution is -2.53. The number of ether oxygens (including phenoxy) is 1. The first-order valence-electron chi connectivity index (χ1n) is 8.28. The zero-order valence-corrected chi connectivity index (χ0v) is 14.5. The Balaban J connectivity index is 2.05. The third-order valence-electron chi connectivity index (χ3n) is 4.34. The molecule has 2 rings (SSSR count). The third-order valence-corrected chi connectivity index (χ3v) is 4.34. The van der Waals surface area contributed by atoms with E-state index >= 15 is 0 Å². The molecule has 0 aromatic heterocycles. The van der Waals surface area contributed by atoms with Gasteiger partial charge in [0.1, 0.15) is 0 Å². The van der Waals surface area contributed by atoms with E-state index in [1.54, 1.807) is 11.8 Å². The van der Waals surface area contributed by atoms with Crippen LogP contribution in [0.1, 0.15) is 43.0 Å². The van der Waals surface area contributed by atoms with E-state index in [1.807, 2.05) is 6.92 Å². The summed E-state index contributed by atoms with van der Waals surface area (Å²) in [4.78, 5) is 14.4. The second-order valence-corrected chi connectivity index (χ2v) is 6.54. The summed E-state index contributed by atoms with van der Waals surface area (Å²) in [6, 6.07) is 6.05. The Morgan fingerprint density at radius 2 is 2.17 bits per heavy atom. The van der Waals surface area contributed by atoms with Crippen LogP contribution in [-0.2, 0) is 4.74 Å². The summed E-state index contributed by atoms with van der Waals surface area (Å²) < 4.78 is 5.46. The molecule has 0 radical (unpaired) electrons. The normalized spacial score (nSPS) is 20.9. The number of carbonyl (C=O) groups is 1. The van der Waals surface area contributed by atoms with Crippen molar-refractivity contribution in [1.82, 2.24) is 10.2 Å². The molecule has 1 aromatic carbocycles. The molecular formula is C18H28N2O3. The number of benzene rings is 1. The number of rotatable bonds is 4. The van der Waals surface area contributed by atoms with Gasteiger partial charge < -0.3 is 20.1 Å². The highest BCUT2D eigenvalue weighted by Gasteiger charge is 2.29. The second kappa shape index (κ2) is 7.79. The summed E-state index contributed by atoms with van der Waals surface area (Å²) in [5.74, 6) is 0. The number of carbonyl (C=O) groups excluding carboxylic acids is 1. The van der Waals surface area contributed by atoms with Crippen molar-refractivity contribution in [2.24, 2.45) is 0 Å². The molecule has 5 heteroatoms. The highest BCUT2D eigenvalue weighted by Crippen LogP contribution is 2.20. The monoisotopic (exact) mass is 320 g/mol. The Hall–Kier alpha value is -1.59. The van der Waals surface area contributed by atoms with Crippen LogP contribution in [-0.4, -0.2) is 47.9 Å². The molecule has 2 amide bonds. The number of aliphatic hydroxyl groups excluding tert-OH is 1. The van der Waals surface area contributed by atoms with Gasteiger partial charge in [0.05, 0.1) is 31.4 Å². The summed E-state index contributed by atoms with van der Waals surface area (Å²) in [7, 11) is 0. The van der Waals surface area contributed by atoms with E-state index in [-0.39, 0.29) is 18.1 Å². The van der Waals surface area contributed by atoms with Crippen LogP contribution >= 0.6 is 0 Å². The van der Waals surface area contributed by atoms with Gasteiger partial charge in [-0.2, -0.15) is 0 Å².